The second-order valence-electron chi connectivity index (χ2n) is 9.43. The van der Waals surface area contributed by atoms with Crippen LogP contribution in [-0.4, -0.2) is 78.6 Å². The normalized spacial score (nSPS) is 19.8. The number of esters is 1. The number of hydrogen-bond acceptors (Lipinski definition) is 6. The number of likely N-dealkylation sites (tertiary alicyclic amines) is 1. The molecule has 0 spiro atoms. The van der Waals surface area contributed by atoms with Gasteiger partial charge in [-0.15, -0.1) is 0 Å². The quantitative estimate of drug-likeness (QED) is 0.629. The Hall–Kier alpha value is -2.93. The Labute approximate surface area is 202 Å². The molecule has 2 fully saturated rings. The summed E-state index contributed by atoms with van der Waals surface area (Å²) in [6.07, 6.45) is 3.11. The van der Waals surface area contributed by atoms with Gasteiger partial charge in [-0.25, -0.2) is 9.78 Å². The number of methoxy groups -OCH3 is 1. The summed E-state index contributed by atoms with van der Waals surface area (Å²) in [6, 6.07) is 12.6. The van der Waals surface area contributed by atoms with E-state index < -0.39 is 5.97 Å². The maximum atomic E-state index is 12.9. The second kappa shape index (κ2) is 10.6. The lowest BCUT2D eigenvalue weighted by Crippen LogP contribution is -2.58. The molecule has 0 unspecified atom stereocenters. The van der Waals surface area contributed by atoms with E-state index in [0.717, 1.165) is 68.9 Å². The van der Waals surface area contributed by atoms with Crippen molar-refractivity contribution in [3.8, 4) is 0 Å². The number of pyridine rings is 1. The maximum Gasteiger partial charge on any atom is 0.356 e. The molecule has 3 heterocycles. The van der Waals surface area contributed by atoms with Crippen molar-refractivity contribution in [3.05, 3.63) is 58.9 Å². The van der Waals surface area contributed by atoms with Gasteiger partial charge in [-0.1, -0.05) is 24.6 Å². The number of carbonyl (C=O) groups excluding carboxylic acids is 2. The molecule has 7 heteroatoms. The largest absolute Gasteiger partial charge is 0.464 e. The molecule has 1 aromatic carbocycles. The Morgan fingerprint density at radius 1 is 1.00 bits per heavy atom. The fourth-order valence-electron chi connectivity index (χ4n) is 5.32. The summed E-state index contributed by atoms with van der Waals surface area (Å²) in [5, 5.41) is 0. The first kappa shape index (κ1) is 24.2. The van der Waals surface area contributed by atoms with E-state index in [4.69, 9.17) is 4.74 Å². The number of carbonyl (C=O) groups is 2. The summed E-state index contributed by atoms with van der Waals surface area (Å²) in [5.74, 6) is -0.258. The van der Waals surface area contributed by atoms with Crippen LogP contribution < -0.4 is 4.90 Å². The Morgan fingerprint density at radius 2 is 1.71 bits per heavy atom. The van der Waals surface area contributed by atoms with E-state index in [1.54, 1.807) is 6.07 Å². The highest BCUT2D eigenvalue weighted by Crippen LogP contribution is 2.28. The number of aryl methyl sites for hydroxylation is 2. The Morgan fingerprint density at radius 3 is 2.32 bits per heavy atom. The SMILES string of the molecule is CC[C@H]1CN(c2ccc(C(=O)OC)nc2C)CCN1C1CCN(C(=O)c2ccc(C)cc2)CC1. The predicted molar refractivity (Wildman–Crippen MR) is 133 cm³/mol. The Balaban J connectivity index is 1.36. The van der Waals surface area contributed by atoms with Crippen molar-refractivity contribution >= 4 is 17.6 Å². The first-order chi connectivity index (χ1) is 16.4. The minimum atomic E-state index is -0.405. The lowest BCUT2D eigenvalue weighted by atomic mass is 9.97. The average molecular weight is 465 g/mol. The molecule has 2 aliphatic heterocycles. The fraction of sp³-hybridized carbons (Fsp3) is 0.519. The van der Waals surface area contributed by atoms with Crippen molar-refractivity contribution in [3.63, 3.8) is 0 Å². The molecule has 0 saturated carbocycles. The van der Waals surface area contributed by atoms with Crippen LogP contribution in [0.25, 0.3) is 0 Å². The van der Waals surface area contributed by atoms with Gasteiger partial charge in [0.15, 0.2) is 0 Å². The summed E-state index contributed by atoms with van der Waals surface area (Å²) < 4.78 is 4.80. The predicted octanol–water partition coefficient (Wildman–Crippen LogP) is 3.69. The Kier molecular flexibility index (Phi) is 7.51. The summed E-state index contributed by atoms with van der Waals surface area (Å²) in [6.45, 7) is 10.7. The summed E-state index contributed by atoms with van der Waals surface area (Å²) >= 11 is 0. The van der Waals surface area contributed by atoms with Crippen molar-refractivity contribution in [2.24, 2.45) is 0 Å². The van der Waals surface area contributed by atoms with Crippen LogP contribution in [0.3, 0.4) is 0 Å². The van der Waals surface area contributed by atoms with E-state index >= 15 is 0 Å². The number of anilines is 1. The third kappa shape index (κ3) is 5.09. The van der Waals surface area contributed by atoms with E-state index in [2.05, 4.69) is 21.7 Å². The molecule has 2 aliphatic rings. The van der Waals surface area contributed by atoms with Crippen LogP contribution in [0.1, 0.15) is 58.3 Å². The highest BCUT2D eigenvalue weighted by Gasteiger charge is 2.34. The van der Waals surface area contributed by atoms with Gasteiger partial charge in [0.25, 0.3) is 5.91 Å². The summed E-state index contributed by atoms with van der Waals surface area (Å²) in [4.78, 5) is 36.2. The van der Waals surface area contributed by atoms with Gasteiger partial charge in [-0.3, -0.25) is 9.69 Å². The molecule has 2 saturated heterocycles. The number of hydrogen-bond donors (Lipinski definition) is 0. The van der Waals surface area contributed by atoms with E-state index in [9.17, 15) is 9.59 Å². The number of ether oxygens (including phenoxy) is 1. The van der Waals surface area contributed by atoms with Crippen molar-refractivity contribution in [1.29, 1.82) is 0 Å². The fourth-order valence-corrected chi connectivity index (χ4v) is 5.32. The van der Waals surface area contributed by atoms with Gasteiger partial charge in [0, 0.05) is 50.4 Å². The first-order valence-electron chi connectivity index (χ1n) is 12.3. The maximum absolute atomic E-state index is 12.9. The van der Waals surface area contributed by atoms with E-state index in [1.165, 1.54) is 12.7 Å². The van der Waals surface area contributed by atoms with Gasteiger partial charge in [-0.05, 0) is 57.4 Å². The average Bonchev–Trinajstić information content (AvgIpc) is 2.88. The lowest BCUT2D eigenvalue weighted by molar-refractivity contribution is 0.0490. The molecule has 182 valence electrons. The van der Waals surface area contributed by atoms with E-state index in [0.29, 0.717) is 17.8 Å². The monoisotopic (exact) mass is 464 g/mol. The lowest BCUT2D eigenvalue weighted by Gasteiger charge is -2.48. The van der Waals surface area contributed by atoms with Crippen LogP contribution in [0, 0.1) is 13.8 Å². The third-order valence-corrected chi connectivity index (χ3v) is 7.31. The molecular weight excluding hydrogens is 428 g/mol. The van der Waals surface area contributed by atoms with Crippen LogP contribution in [0.5, 0.6) is 0 Å². The minimum Gasteiger partial charge on any atom is -0.464 e. The van der Waals surface area contributed by atoms with E-state index in [1.807, 2.05) is 49.1 Å². The number of rotatable bonds is 5. The van der Waals surface area contributed by atoms with Gasteiger partial charge in [0.2, 0.25) is 0 Å². The standard InChI is InChI=1S/C27H36N4O3/c1-5-22-18-30(25-11-10-24(27(33)34-4)28-20(25)3)16-17-31(22)23-12-14-29(15-13-23)26(32)21-8-6-19(2)7-9-21/h6-11,22-23H,5,12-18H2,1-4H3/t22-/m0/s1. The molecule has 4 rings (SSSR count). The number of piperazine rings is 1. The smallest absolute Gasteiger partial charge is 0.356 e. The van der Waals surface area contributed by atoms with Crippen molar-refractivity contribution in [1.82, 2.24) is 14.8 Å². The molecule has 0 N–H and O–H groups in total. The molecule has 7 nitrogen and oxygen atoms in total. The van der Waals surface area contributed by atoms with Crippen LogP contribution >= 0.6 is 0 Å². The van der Waals surface area contributed by atoms with Gasteiger partial charge in [-0.2, -0.15) is 0 Å². The molecular formula is C27H36N4O3. The minimum absolute atomic E-state index is 0.147. The van der Waals surface area contributed by atoms with Crippen molar-refractivity contribution in [2.45, 2.75) is 52.1 Å². The van der Waals surface area contributed by atoms with Gasteiger partial charge in [0.1, 0.15) is 5.69 Å². The number of aromatic nitrogens is 1. The zero-order valence-corrected chi connectivity index (χ0v) is 20.8. The Bertz CT molecular complexity index is 1020. The van der Waals surface area contributed by atoms with Crippen molar-refractivity contribution in [2.75, 3.05) is 44.7 Å². The first-order valence-corrected chi connectivity index (χ1v) is 12.3. The second-order valence-corrected chi connectivity index (χ2v) is 9.43. The van der Waals surface area contributed by atoms with E-state index in [-0.39, 0.29) is 5.91 Å². The topological polar surface area (TPSA) is 66.0 Å². The summed E-state index contributed by atoms with van der Waals surface area (Å²) in [7, 11) is 1.38. The molecule has 0 bridgehead atoms. The molecule has 0 radical (unpaired) electrons. The number of piperidine rings is 1. The van der Waals surface area contributed by atoms with Gasteiger partial charge >= 0.3 is 5.97 Å². The van der Waals surface area contributed by atoms with Crippen LogP contribution in [-0.2, 0) is 4.74 Å². The zero-order chi connectivity index (χ0) is 24.2. The third-order valence-electron chi connectivity index (χ3n) is 7.31. The number of nitrogens with zero attached hydrogens (tertiary/aromatic N) is 4. The molecule has 2 aromatic rings. The van der Waals surface area contributed by atoms with Gasteiger partial charge < -0.3 is 14.5 Å². The number of amides is 1. The highest BCUT2D eigenvalue weighted by atomic mass is 16.5. The van der Waals surface area contributed by atoms with Crippen LogP contribution in [0.2, 0.25) is 0 Å². The molecule has 1 atom stereocenters. The number of benzene rings is 1. The molecule has 1 aromatic heterocycles. The van der Waals surface area contributed by atoms with Crippen LogP contribution in [0.4, 0.5) is 5.69 Å². The summed E-state index contributed by atoms with van der Waals surface area (Å²) in [5.41, 5.74) is 4.25. The van der Waals surface area contributed by atoms with Crippen LogP contribution in [0.15, 0.2) is 36.4 Å². The molecule has 1 amide bonds. The van der Waals surface area contributed by atoms with Gasteiger partial charge in [0.05, 0.1) is 18.5 Å². The molecule has 0 aliphatic carbocycles. The molecule has 34 heavy (non-hydrogen) atoms. The zero-order valence-electron chi connectivity index (χ0n) is 20.8. The van der Waals surface area contributed by atoms with Crippen molar-refractivity contribution < 1.29 is 14.3 Å². The highest BCUT2D eigenvalue weighted by molar-refractivity contribution is 5.94.